The maximum absolute atomic E-state index is 9.12. The molecule has 2 heteroatoms. The molecule has 0 aliphatic rings. The van der Waals surface area contributed by atoms with Crippen LogP contribution in [0.15, 0.2) is 48.5 Å². The first-order chi connectivity index (χ1) is 8.86. The van der Waals surface area contributed by atoms with Crippen LogP contribution in [0.1, 0.15) is 11.1 Å². The van der Waals surface area contributed by atoms with E-state index in [1.165, 1.54) is 0 Å². The molecule has 0 saturated carbocycles. The Bertz CT molecular complexity index is 458. The van der Waals surface area contributed by atoms with Gasteiger partial charge < -0.3 is 10.2 Å². The Morgan fingerprint density at radius 2 is 1.00 bits per heavy atom. The number of hydrogen-bond acceptors (Lipinski definition) is 2. The minimum Gasteiger partial charge on any atom is -0.396 e. The number of benzene rings is 2. The van der Waals surface area contributed by atoms with Crippen molar-refractivity contribution in [1.82, 2.24) is 0 Å². The summed E-state index contributed by atoms with van der Waals surface area (Å²) in [5.74, 6) is 0. The molecule has 0 atom stereocenters. The van der Waals surface area contributed by atoms with Crippen molar-refractivity contribution >= 4 is 0 Å². The third-order valence-corrected chi connectivity index (χ3v) is 3.09. The van der Waals surface area contributed by atoms with Crippen molar-refractivity contribution in [3.05, 3.63) is 59.7 Å². The molecule has 0 radical (unpaired) electrons. The van der Waals surface area contributed by atoms with Crippen LogP contribution in [0.5, 0.6) is 0 Å². The predicted molar refractivity (Wildman–Crippen MR) is 73.5 cm³/mol. The molecule has 0 bridgehead atoms. The first-order valence-corrected chi connectivity index (χ1v) is 6.24. The van der Waals surface area contributed by atoms with Crippen molar-refractivity contribution in [1.29, 1.82) is 0 Å². The Balaban J connectivity index is 2.47. The third-order valence-electron chi connectivity index (χ3n) is 3.09. The Kier molecular flexibility index (Phi) is 4.51. The molecule has 0 aliphatic heterocycles. The molecule has 0 spiro atoms. The van der Waals surface area contributed by atoms with Crippen molar-refractivity contribution in [3.63, 3.8) is 0 Å². The van der Waals surface area contributed by atoms with Crippen LogP contribution in [0.25, 0.3) is 11.1 Å². The summed E-state index contributed by atoms with van der Waals surface area (Å²) < 4.78 is 0. The average Bonchev–Trinajstić information content (AvgIpc) is 2.41. The smallest absolute Gasteiger partial charge is 0.0471 e. The highest BCUT2D eigenvalue weighted by molar-refractivity contribution is 5.70. The Morgan fingerprint density at radius 3 is 1.39 bits per heavy atom. The quantitative estimate of drug-likeness (QED) is 0.845. The van der Waals surface area contributed by atoms with E-state index in [0.717, 1.165) is 22.3 Å². The molecule has 0 aromatic heterocycles. The topological polar surface area (TPSA) is 40.5 Å². The number of aliphatic hydroxyl groups excluding tert-OH is 2. The standard InChI is InChI=1S/C16H18O2/c17-11-9-13-5-1-3-7-15(13)16-8-4-2-6-14(16)10-12-18/h1-8,17-18H,9-12H2. The average molecular weight is 242 g/mol. The highest BCUT2D eigenvalue weighted by atomic mass is 16.3. The van der Waals surface area contributed by atoms with Gasteiger partial charge in [-0.2, -0.15) is 0 Å². The Morgan fingerprint density at radius 1 is 0.611 bits per heavy atom. The largest absolute Gasteiger partial charge is 0.396 e. The molecule has 2 aromatic carbocycles. The van der Waals surface area contributed by atoms with Crippen LogP contribution in [0.3, 0.4) is 0 Å². The normalized spacial score (nSPS) is 10.6. The molecule has 2 aromatic rings. The van der Waals surface area contributed by atoms with Gasteiger partial charge in [-0.15, -0.1) is 0 Å². The summed E-state index contributed by atoms with van der Waals surface area (Å²) in [5, 5.41) is 18.2. The highest BCUT2D eigenvalue weighted by Gasteiger charge is 2.08. The van der Waals surface area contributed by atoms with Gasteiger partial charge in [0.15, 0.2) is 0 Å². The lowest BCUT2D eigenvalue weighted by Crippen LogP contribution is -1.98. The fraction of sp³-hybridized carbons (Fsp3) is 0.250. The maximum Gasteiger partial charge on any atom is 0.0471 e. The van der Waals surface area contributed by atoms with Crippen LogP contribution in [-0.4, -0.2) is 23.4 Å². The molecule has 0 fully saturated rings. The SMILES string of the molecule is OCCc1ccccc1-c1ccccc1CCO. The molecular weight excluding hydrogens is 224 g/mol. The van der Waals surface area contributed by atoms with E-state index in [-0.39, 0.29) is 13.2 Å². The van der Waals surface area contributed by atoms with Gasteiger partial charge in [-0.25, -0.2) is 0 Å². The summed E-state index contributed by atoms with van der Waals surface area (Å²) in [4.78, 5) is 0. The van der Waals surface area contributed by atoms with E-state index in [4.69, 9.17) is 10.2 Å². The van der Waals surface area contributed by atoms with Crippen molar-refractivity contribution in [2.75, 3.05) is 13.2 Å². The molecule has 18 heavy (non-hydrogen) atoms. The van der Waals surface area contributed by atoms with Crippen molar-refractivity contribution in [3.8, 4) is 11.1 Å². The monoisotopic (exact) mass is 242 g/mol. The summed E-state index contributed by atoms with van der Waals surface area (Å²) in [6.07, 6.45) is 1.31. The van der Waals surface area contributed by atoms with Gasteiger partial charge in [0, 0.05) is 13.2 Å². The summed E-state index contributed by atoms with van der Waals surface area (Å²) in [6, 6.07) is 16.2. The summed E-state index contributed by atoms with van der Waals surface area (Å²) in [6.45, 7) is 0.304. The van der Waals surface area contributed by atoms with Gasteiger partial charge in [-0.05, 0) is 35.1 Å². The number of rotatable bonds is 5. The summed E-state index contributed by atoms with van der Waals surface area (Å²) in [7, 11) is 0. The lowest BCUT2D eigenvalue weighted by Gasteiger charge is -2.12. The fourth-order valence-corrected chi connectivity index (χ4v) is 2.24. The van der Waals surface area contributed by atoms with Gasteiger partial charge in [-0.3, -0.25) is 0 Å². The third kappa shape index (κ3) is 2.78. The van der Waals surface area contributed by atoms with Crippen LogP contribution in [0.2, 0.25) is 0 Å². The molecule has 2 nitrogen and oxygen atoms in total. The molecule has 0 aliphatic carbocycles. The zero-order valence-electron chi connectivity index (χ0n) is 10.3. The second-order valence-corrected chi connectivity index (χ2v) is 4.26. The molecule has 94 valence electrons. The minimum absolute atomic E-state index is 0.152. The van der Waals surface area contributed by atoms with Crippen molar-refractivity contribution < 1.29 is 10.2 Å². The summed E-state index contributed by atoms with van der Waals surface area (Å²) in [5.41, 5.74) is 4.59. The lowest BCUT2D eigenvalue weighted by atomic mass is 9.93. The van der Waals surface area contributed by atoms with Gasteiger partial charge >= 0.3 is 0 Å². The predicted octanol–water partition coefficient (Wildman–Crippen LogP) is 2.42. The molecule has 2 rings (SSSR count). The van der Waals surface area contributed by atoms with Gasteiger partial charge in [0.1, 0.15) is 0 Å². The van der Waals surface area contributed by atoms with Crippen LogP contribution in [0, 0.1) is 0 Å². The molecule has 0 unspecified atom stereocenters. The van der Waals surface area contributed by atoms with E-state index in [1.807, 2.05) is 36.4 Å². The van der Waals surface area contributed by atoms with Crippen molar-refractivity contribution in [2.24, 2.45) is 0 Å². The van der Waals surface area contributed by atoms with Gasteiger partial charge in [0.25, 0.3) is 0 Å². The Hall–Kier alpha value is -1.64. The second kappa shape index (κ2) is 6.34. The van der Waals surface area contributed by atoms with E-state index in [2.05, 4.69) is 12.1 Å². The second-order valence-electron chi connectivity index (χ2n) is 4.26. The Labute approximate surface area is 108 Å². The molecule has 2 N–H and O–H groups in total. The molecule has 0 heterocycles. The minimum atomic E-state index is 0.152. The van der Waals surface area contributed by atoms with Crippen molar-refractivity contribution in [2.45, 2.75) is 12.8 Å². The highest BCUT2D eigenvalue weighted by Crippen LogP contribution is 2.27. The van der Waals surface area contributed by atoms with E-state index in [1.54, 1.807) is 0 Å². The lowest BCUT2D eigenvalue weighted by molar-refractivity contribution is 0.299. The van der Waals surface area contributed by atoms with E-state index in [9.17, 15) is 0 Å². The van der Waals surface area contributed by atoms with E-state index >= 15 is 0 Å². The van der Waals surface area contributed by atoms with E-state index < -0.39 is 0 Å². The molecule has 0 saturated heterocycles. The molecular formula is C16H18O2. The number of aliphatic hydroxyl groups is 2. The summed E-state index contributed by atoms with van der Waals surface area (Å²) >= 11 is 0. The first-order valence-electron chi connectivity index (χ1n) is 6.24. The van der Waals surface area contributed by atoms with E-state index in [0.29, 0.717) is 12.8 Å². The van der Waals surface area contributed by atoms with Crippen LogP contribution in [0.4, 0.5) is 0 Å². The van der Waals surface area contributed by atoms with Crippen LogP contribution < -0.4 is 0 Å². The van der Waals surface area contributed by atoms with Crippen LogP contribution in [-0.2, 0) is 12.8 Å². The van der Waals surface area contributed by atoms with Crippen LogP contribution >= 0.6 is 0 Å². The fourth-order valence-electron chi connectivity index (χ4n) is 2.24. The first kappa shape index (κ1) is 12.8. The number of hydrogen-bond donors (Lipinski definition) is 2. The zero-order chi connectivity index (χ0) is 12.8. The van der Waals surface area contributed by atoms with Gasteiger partial charge in [-0.1, -0.05) is 48.5 Å². The van der Waals surface area contributed by atoms with Gasteiger partial charge in [0.05, 0.1) is 0 Å². The maximum atomic E-state index is 9.12. The molecule has 0 amide bonds. The zero-order valence-corrected chi connectivity index (χ0v) is 10.3. The van der Waals surface area contributed by atoms with Gasteiger partial charge in [0.2, 0.25) is 0 Å².